The van der Waals surface area contributed by atoms with E-state index in [9.17, 15) is 14.4 Å². The Hall–Kier alpha value is -1.37. The first kappa shape index (κ1) is 10.2. The lowest BCUT2D eigenvalue weighted by Gasteiger charge is -2.20. The topological polar surface area (TPSA) is 83.9 Å². The molecule has 2 aliphatic heterocycles. The number of ether oxygens (including phenoxy) is 1. The van der Waals surface area contributed by atoms with Gasteiger partial charge in [-0.2, -0.15) is 0 Å². The van der Waals surface area contributed by atoms with Gasteiger partial charge in [0.2, 0.25) is 0 Å². The molecular weight excluding hydrogens is 201 g/mol. The number of esters is 1. The van der Waals surface area contributed by atoms with Gasteiger partial charge in [-0.25, -0.2) is 0 Å². The molecule has 3 atom stereocenters. The van der Waals surface area contributed by atoms with Crippen LogP contribution < -0.4 is 0 Å². The summed E-state index contributed by atoms with van der Waals surface area (Å²) in [5.41, 5.74) is 0. The third-order valence-corrected chi connectivity index (χ3v) is 3.03. The van der Waals surface area contributed by atoms with Crippen molar-refractivity contribution < 1.29 is 24.2 Å². The van der Waals surface area contributed by atoms with Crippen LogP contribution in [0.4, 0.5) is 0 Å². The van der Waals surface area contributed by atoms with Crippen molar-refractivity contribution in [3.05, 3.63) is 0 Å². The summed E-state index contributed by atoms with van der Waals surface area (Å²) < 4.78 is 4.81. The van der Waals surface area contributed by atoms with Gasteiger partial charge in [0.05, 0.1) is 18.7 Å². The smallest absolute Gasteiger partial charge is 0.320 e. The molecule has 0 aromatic heterocycles. The number of nitrogens with zero attached hydrogens (tertiary/aromatic N) is 1. The molecule has 2 aliphatic rings. The van der Waals surface area contributed by atoms with Crippen LogP contribution in [0.25, 0.3) is 0 Å². The molecule has 2 heterocycles. The van der Waals surface area contributed by atoms with E-state index in [1.165, 1.54) is 4.81 Å². The second-order valence-electron chi connectivity index (χ2n) is 3.80. The van der Waals surface area contributed by atoms with E-state index in [1.807, 2.05) is 0 Å². The fourth-order valence-electron chi connectivity index (χ4n) is 2.36. The van der Waals surface area contributed by atoms with Gasteiger partial charge >= 0.3 is 11.9 Å². The Labute approximate surface area is 86.4 Å². The Balaban J connectivity index is 2.20. The van der Waals surface area contributed by atoms with Gasteiger partial charge in [-0.3, -0.25) is 9.59 Å². The summed E-state index contributed by atoms with van der Waals surface area (Å²) in [5.74, 6) is -2.04. The molecule has 2 saturated heterocycles. The zero-order valence-corrected chi connectivity index (χ0v) is 7.96. The van der Waals surface area contributed by atoms with Crippen molar-refractivity contribution >= 4 is 25.5 Å². The lowest BCUT2D eigenvalue weighted by atomic mass is 9.90. The van der Waals surface area contributed by atoms with Crippen LogP contribution >= 0.6 is 0 Å². The second kappa shape index (κ2) is 3.65. The number of aliphatic carboxylic acids is 1. The molecule has 0 unspecified atom stereocenters. The maximum absolute atomic E-state index is 11.2. The van der Waals surface area contributed by atoms with Crippen molar-refractivity contribution in [3.8, 4) is 0 Å². The van der Waals surface area contributed by atoms with E-state index in [0.29, 0.717) is 12.7 Å². The van der Waals surface area contributed by atoms with Gasteiger partial charge in [-0.05, 0) is 0 Å². The summed E-state index contributed by atoms with van der Waals surface area (Å²) in [6, 6.07) is -0.772. The molecule has 0 aromatic rings. The van der Waals surface area contributed by atoms with Gasteiger partial charge in [0, 0.05) is 12.5 Å². The normalized spacial score (nSPS) is 34.7. The van der Waals surface area contributed by atoms with E-state index >= 15 is 0 Å². The van der Waals surface area contributed by atoms with Crippen LogP contribution in [0.2, 0.25) is 0 Å². The predicted octanol–water partition coefficient (Wildman–Crippen LogP) is -1.91. The van der Waals surface area contributed by atoms with E-state index < -0.39 is 12.0 Å². The number of carboxylic acid groups (broad SMARTS) is 1. The highest BCUT2D eigenvalue weighted by Crippen LogP contribution is 2.35. The number of cyclic esters (lactones) is 1. The third kappa shape index (κ3) is 1.52. The van der Waals surface area contributed by atoms with Gasteiger partial charge in [0.15, 0.2) is 0 Å². The zero-order valence-electron chi connectivity index (χ0n) is 7.96. The van der Waals surface area contributed by atoms with Crippen molar-refractivity contribution in [1.29, 1.82) is 0 Å². The Morgan fingerprint density at radius 3 is 3.00 bits per heavy atom. The number of hydrogen-bond donors (Lipinski definition) is 1. The average molecular weight is 211 g/mol. The molecule has 80 valence electrons. The van der Waals surface area contributed by atoms with Gasteiger partial charge in [-0.15, -0.1) is 0 Å². The van der Waals surface area contributed by atoms with Gasteiger partial charge in [0.25, 0.3) is 7.41 Å². The highest BCUT2D eigenvalue weighted by molar-refractivity contribution is 6.64. The lowest BCUT2D eigenvalue weighted by molar-refractivity contribution is -0.144. The van der Waals surface area contributed by atoms with E-state index in [2.05, 4.69) is 0 Å². The number of carbonyl (C=O) groups is 3. The first-order valence-electron chi connectivity index (χ1n) is 4.72. The van der Waals surface area contributed by atoms with E-state index in [1.54, 1.807) is 0 Å². The molecule has 1 N–H and O–H groups in total. The number of hydrogen-bond acceptors (Lipinski definition) is 5. The third-order valence-electron chi connectivity index (χ3n) is 3.03. The number of rotatable bonds is 3. The monoisotopic (exact) mass is 211 g/mol. The van der Waals surface area contributed by atoms with Crippen molar-refractivity contribution in [2.45, 2.75) is 6.04 Å². The van der Waals surface area contributed by atoms with Gasteiger partial charge < -0.3 is 19.4 Å². The molecule has 0 saturated carbocycles. The maximum Gasteiger partial charge on any atom is 0.320 e. The van der Waals surface area contributed by atoms with Crippen LogP contribution in [0, 0.1) is 11.8 Å². The molecule has 7 heteroatoms. The van der Waals surface area contributed by atoms with Gasteiger partial charge in [0.1, 0.15) is 6.04 Å². The number of carbonyl (C=O) groups excluding carboxylic acids is 2. The Morgan fingerprint density at radius 2 is 2.40 bits per heavy atom. The standard InChI is InChI=1S/C8H10BNO5/c11-3-9-10-1-4-5(2-15-8(4)14)6(10)7(12)13/h3-6,9H,1-2H2,(H,12,13)/t4-,5-,6-/m0/s1. The summed E-state index contributed by atoms with van der Waals surface area (Å²) in [6.45, 7) is 0.453. The first-order valence-corrected chi connectivity index (χ1v) is 4.72. The molecule has 2 fully saturated rings. The minimum Gasteiger partial charge on any atom is -0.480 e. The Morgan fingerprint density at radius 1 is 1.67 bits per heavy atom. The zero-order chi connectivity index (χ0) is 11.0. The molecule has 0 amide bonds. The molecule has 0 radical (unpaired) electrons. The van der Waals surface area contributed by atoms with Crippen molar-refractivity contribution in [2.24, 2.45) is 11.8 Å². The molecule has 0 bridgehead atoms. The van der Waals surface area contributed by atoms with Crippen LogP contribution in [0.5, 0.6) is 0 Å². The minimum absolute atomic E-state index is 0.0528. The fourth-order valence-corrected chi connectivity index (χ4v) is 2.36. The summed E-state index contributed by atoms with van der Waals surface area (Å²) in [7, 11) is 0.0528. The van der Waals surface area contributed by atoms with Crippen LogP contribution in [-0.2, 0) is 19.1 Å². The Kier molecular flexibility index (Phi) is 2.48. The SMILES string of the molecule is O=CBN1C[C@@H]2C(=O)OC[C@@H]2[C@H]1C(=O)O. The molecular formula is C8H10BNO5. The van der Waals surface area contributed by atoms with Crippen molar-refractivity contribution in [3.63, 3.8) is 0 Å². The van der Waals surface area contributed by atoms with Crippen LogP contribution in [-0.4, -0.2) is 54.6 Å². The minimum atomic E-state index is -0.998. The second-order valence-corrected chi connectivity index (χ2v) is 3.80. The molecule has 0 aromatic carbocycles. The Bertz CT molecular complexity index is 320. The highest BCUT2D eigenvalue weighted by atomic mass is 16.5. The largest absolute Gasteiger partial charge is 0.480 e. The fraction of sp³-hybridized carbons (Fsp3) is 0.625. The molecule has 0 aliphatic carbocycles. The summed E-state index contributed by atoms with van der Waals surface area (Å²) >= 11 is 0. The lowest BCUT2D eigenvalue weighted by Crippen LogP contribution is -2.43. The first-order chi connectivity index (χ1) is 7.15. The van der Waals surface area contributed by atoms with Crippen LogP contribution in [0.1, 0.15) is 0 Å². The number of fused-ring (bicyclic) bond motifs is 1. The van der Waals surface area contributed by atoms with E-state index in [0.717, 1.165) is 0 Å². The molecule has 2 rings (SSSR count). The summed E-state index contributed by atoms with van der Waals surface area (Å²) in [5, 5.41) is 9.02. The maximum atomic E-state index is 11.2. The van der Waals surface area contributed by atoms with E-state index in [-0.39, 0.29) is 31.8 Å². The average Bonchev–Trinajstić information content (AvgIpc) is 2.67. The molecule has 15 heavy (non-hydrogen) atoms. The molecule has 6 nitrogen and oxygen atoms in total. The summed E-state index contributed by atoms with van der Waals surface area (Å²) in [6.07, 6.45) is 0.655. The van der Waals surface area contributed by atoms with Crippen LogP contribution in [0.3, 0.4) is 0 Å². The van der Waals surface area contributed by atoms with Crippen molar-refractivity contribution in [1.82, 2.24) is 4.81 Å². The quantitative estimate of drug-likeness (QED) is 0.333. The highest BCUT2D eigenvalue weighted by Gasteiger charge is 2.52. The van der Waals surface area contributed by atoms with Crippen LogP contribution in [0.15, 0.2) is 0 Å². The summed E-state index contributed by atoms with van der Waals surface area (Å²) in [4.78, 5) is 34.2. The number of carboxylic acids is 1. The van der Waals surface area contributed by atoms with E-state index in [4.69, 9.17) is 9.84 Å². The predicted molar refractivity (Wildman–Crippen MR) is 50.0 cm³/mol. The van der Waals surface area contributed by atoms with Crippen molar-refractivity contribution in [2.75, 3.05) is 13.2 Å². The van der Waals surface area contributed by atoms with Gasteiger partial charge in [-0.1, -0.05) is 0 Å². The molecule has 0 spiro atoms.